The van der Waals surface area contributed by atoms with Crippen LogP contribution in [0.3, 0.4) is 0 Å². The van der Waals surface area contributed by atoms with Gasteiger partial charge >= 0.3 is 0 Å². The summed E-state index contributed by atoms with van der Waals surface area (Å²) in [6.07, 6.45) is 2.29. The van der Waals surface area contributed by atoms with Gasteiger partial charge in [0.25, 0.3) is 0 Å². The van der Waals surface area contributed by atoms with Crippen LogP contribution in [0.15, 0.2) is 12.1 Å². The second-order valence-corrected chi connectivity index (χ2v) is 5.62. The minimum Gasteiger partial charge on any atom is -0.493 e. The van der Waals surface area contributed by atoms with Gasteiger partial charge in [-0.25, -0.2) is 0 Å². The Morgan fingerprint density at radius 2 is 1.85 bits per heavy atom. The fraction of sp³-hybridized carbons (Fsp3) is 0.533. The Hall–Kier alpha value is -1.23. The van der Waals surface area contributed by atoms with Crippen molar-refractivity contribution < 1.29 is 14.3 Å². The van der Waals surface area contributed by atoms with Gasteiger partial charge in [-0.05, 0) is 36.1 Å². The molecule has 5 heteroatoms. The summed E-state index contributed by atoms with van der Waals surface area (Å²) in [4.78, 5) is 14.2. The normalized spacial score (nSPS) is 14.8. The first kappa shape index (κ1) is 15.2. The maximum absolute atomic E-state index is 12.3. The summed E-state index contributed by atoms with van der Waals surface area (Å²) in [5.41, 5.74) is 2.23. The van der Waals surface area contributed by atoms with Crippen LogP contribution in [0, 0.1) is 0 Å². The van der Waals surface area contributed by atoms with Crippen molar-refractivity contribution in [3.8, 4) is 11.5 Å². The standard InChI is InChI=1S/C15H20BrNO3/c1-19-13-8-11-4-7-17(6-3-5-16)15(18)10-12(11)9-14(13)20-2/h8-9H,3-7,10H2,1-2H3. The SMILES string of the molecule is COc1cc2c(cc1OC)CC(=O)N(CCCBr)CC2. The van der Waals surface area contributed by atoms with Crippen molar-refractivity contribution in [2.75, 3.05) is 32.6 Å². The van der Waals surface area contributed by atoms with E-state index in [9.17, 15) is 4.79 Å². The van der Waals surface area contributed by atoms with E-state index < -0.39 is 0 Å². The van der Waals surface area contributed by atoms with Gasteiger partial charge < -0.3 is 14.4 Å². The zero-order chi connectivity index (χ0) is 14.5. The van der Waals surface area contributed by atoms with Crippen molar-refractivity contribution in [1.82, 2.24) is 4.90 Å². The van der Waals surface area contributed by atoms with Crippen molar-refractivity contribution in [3.05, 3.63) is 23.3 Å². The van der Waals surface area contributed by atoms with Crippen LogP contribution < -0.4 is 9.47 Å². The highest BCUT2D eigenvalue weighted by Gasteiger charge is 2.22. The fourth-order valence-electron chi connectivity index (χ4n) is 2.50. The summed E-state index contributed by atoms with van der Waals surface area (Å²) >= 11 is 3.41. The van der Waals surface area contributed by atoms with Gasteiger partial charge in [-0.15, -0.1) is 0 Å². The molecule has 1 aromatic rings. The van der Waals surface area contributed by atoms with Crippen LogP contribution in [0.25, 0.3) is 0 Å². The average molecular weight is 342 g/mol. The first-order valence-corrected chi connectivity index (χ1v) is 7.89. The molecule has 0 radical (unpaired) electrons. The number of amides is 1. The topological polar surface area (TPSA) is 38.8 Å². The largest absolute Gasteiger partial charge is 0.493 e. The van der Waals surface area contributed by atoms with E-state index in [1.807, 2.05) is 17.0 Å². The highest BCUT2D eigenvalue weighted by Crippen LogP contribution is 2.32. The molecule has 1 amide bonds. The predicted octanol–water partition coefficient (Wildman–Crippen LogP) is 2.42. The van der Waals surface area contributed by atoms with Crippen molar-refractivity contribution >= 4 is 21.8 Å². The molecule has 0 bridgehead atoms. The Kier molecular flexibility index (Phi) is 5.29. The zero-order valence-corrected chi connectivity index (χ0v) is 13.5. The Morgan fingerprint density at radius 3 is 2.45 bits per heavy atom. The van der Waals surface area contributed by atoms with E-state index in [0.717, 1.165) is 42.6 Å². The number of benzene rings is 1. The molecule has 0 aliphatic carbocycles. The van der Waals surface area contributed by atoms with Gasteiger partial charge in [0.15, 0.2) is 11.5 Å². The molecule has 4 nitrogen and oxygen atoms in total. The average Bonchev–Trinajstić information content (AvgIpc) is 2.61. The Labute approximate surface area is 128 Å². The van der Waals surface area contributed by atoms with Gasteiger partial charge in [-0.3, -0.25) is 4.79 Å². The van der Waals surface area contributed by atoms with E-state index in [0.29, 0.717) is 12.2 Å². The van der Waals surface area contributed by atoms with Crippen molar-refractivity contribution in [2.45, 2.75) is 19.3 Å². The summed E-state index contributed by atoms with van der Waals surface area (Å²) < 4.78 is 10.6. The molecular weight excluding hydrogens is 322 g/mol. The van der Waals surface area contributed by atoms with Crippen LogP contribution in [0.5, 0.6) is 11.5 Å². The molecule has 0 fully saturated rings. The van der Waals surface area contributed by atoms with Crippen LogP contribution in [-0.4, -0.2) is 43.4 Å². The molecule has 0 atom stereocenters. The fourth-order valence-corrected chi connectivity index (χ4v) is 2.75. The summed E-state index contributed by atoms with van der Waals surface area (Å²) in [5, 5.41) is 0.922. The minimum absolute atomic E-state index is 0.192. The van der Waals surface area contributed by atoms with Gasteiger partial charge in [-0.1, -0.05) is 15.9 Å². The molecule has 20 heavy (non-hydrogen) atoms. The predicted molar refractivity (Wildman–Crippen MR) is 81.9 cm³/mol. The lowest BCUT2D eigenvalue weighted by molar-refractivity contribution is -0.130. The Balaban J connectivity index is 2.24. The first-order chi connectivity index (χ1) is 9.69. The highest BCUT2D eigenvalue weighted by molar-refractivity contribution is 9.09. The second-order valence-electron chi connectivity index (χ2n) is 4.83. The molecule has 0 N–H and O–H groups in total. The number of halogens is 1. The number of nitrogens with zero attached hydrogens (tertiary/aromatic N) is 1. The van der Waals surface area contributed by atoms with Crippen molar-refractivity contribution in [1.29, 1.82) is 0 Å². The van der Waals surface area contributed by atoms with E-state index in [1.54, 1.807) is 14.2 Å². The van der Waals surface area contributed by atoms with E-state index in [1.165, 1.54) is 5.56 Å². The van der Waals surface area contributed by atoms with Gasteiger partial charge in [0.2, 0.25) is 5.91 Å². The molecular formula is C15H20BrNO3. The number of alkyl halides is 1. The molecule has 1 heterocycles. The number of carbonyl (C=O) groups is 1. The van der Waals surface area contributed by atoms with Crippen molar-refractivity contribution in [3.63, 3.8) is 0 Å². The lowest BCUT2D eigenvalue weighted by Crippen LogP contribution is -2.33. The van der Waals surface area contributed by atoms with Crippen molar-refractivity contribution in [2.24, 2.45) is 0 Å². The molecule has 1 aliphatic heterocycles. The summed E-state index contributed by atoms with van der Waals surface area (Å²) in [6, 6.07) is 3.93. The third kappa shape index (κ3) is 3.26. The zero-order valence-electron chi connectivity index (χ0n) is 11.9. The summed E-state index contributed by atoms with van der Waals surface area (Å²) in [6.45, 7) is 1.58. The van der Waals surface area contributed by atoms with Crippen LogP contribution in [-0.2, 0) is 17.6 Å². The van der Waals surface area contributed by atoms with E-state index in [2.05, 4.69) is 15.9 Å². The van der Waals surface area contributed by atoms with Gasteiger partial charge in [0.05, 0.1) is 20.6 Å². The highest BCUT2D eigenvalue weighted by atomic mass is 79.9. The third-order valence-corrected chi connectivity index (χ3v) is 4.17. The lowest BCUT2D eigenvalue weighted by atomic mass is 10.0. The maximum atomic E-state index is 12.3. The van der Waals surface area contributed by atoms with Crippen LogP contribution >= 0.6 is 15.9 Å². The van der Waals surface area contributed by atoms with E-state index in [4.69, 9.17) is 9.47 Å². The molecule has 0 saturated carbocycles. The van der Waals surface area contributed by atoms with Crippen LogP contribution in [0.2, 0.25) is 0 Å². The molecule has 1 aliphatic rings. The maximum Gasteiger partial charge on any atom is 0.227 e. The molecule has 2 rings (SSSR count). The summed E-state index contributed by atoms with van der Waals surface area (Å²) in [7, 11) is 3.25. The molecule has 110 valence electrons. The minimum atomic E-state index is 0.192. The number of methoxy groups -OCH3 is 2. The number of fused-ring (bicyclic) bond motifs is 1. The molecule has 0 spiro atoms. The Bertz CT molecular complexity index is 490. The lowest BCUT2D eigenvalue weighted by Gasteiger charge is -2.19. The number of hydrogen-bond acceptors (Lipinski definition) is 3. The molecule has 0 aromatic heterocycles. The number of hydrogen-bond donors (Lipinski definition) is 0. The quantitative estimate of drug-likeness (QED) is 0.772. The van der Waals surface area contributed by atoms with E-state index >= 15 is 0 Å². The second kappa shape index (κ2) is 6.97. The smallest absolute Gasteiger partial charge is 0.227 e. The van der Waals surface area contributed by atoms with E-state index in [-0.39, 0.29) is 5.91 Å². The van der Waals surface area contributed by atoms with Gasteiger partial charge in [0.1, 0.15) is 0 Å². The van der Waals surface area contributed by atoms with Crippen LogP contribution in [0.4, 0.5) is 0 Å². The summed E-state index contributed by atoms with van der Waals surface area (Å²) in [5.74, 6) is 1.61. The van der Waals surface area contributed by atoms with Gasteiger partial charge in [-0.2, -0.15) is 0 Å². The monoisotopic (exact) mass is 341 g/mol. The Morgan fingerprint density at radius 1 is 1.20 bits per heavy atom. The number of rotatable bonds is 5. The number of ether oxygens (including phenoxy) is 2. The molecule has 1 aromatic carbocycles. The van der Waals surface area contributed by atoms with Crippen LogP contribution in [0.1, 0.15) is 17.5 Å². The first-order valence-electron chi connectivity index (χ1n) is 6.77. The van der Waals surface area contributed by atoms with Gasteiger partial charge in [0, 0.05) is 18.4 Å². The molecule has 0 saturated heterocycles. The molecule has 0 unspecified atom stereocenters. The third-order valence-electron chi connectivity index (χ3n) is 3.61. The number of carbonyl (C=O) groups excluding carboxylic acids is 1.